The van der Waals surface area contributed by atoms with E-state index in [0.717, 1.165) is 42.0 Å². The number of ether oxygens (including phenoxy) is 1. The second-order valence-corrected chi connectivity index (χ2v) is 6.99. The molecule has 0 radical (unpaired) electrons. The largest absolute Gasteiger partial charge is 0.497 e. The van der Waals surface area contributed by atoms with Crippen molar-refractivity contribution in [1.82, 2.24) is 10.3 Å². The first kappa shape index (κ1) is 16.4. The molecular formula is C18H24N2O2S. The Hall–Kier alpha value is -1.43. The molecule has 1 heterocycles. The van der Waals surface area contributed by atoms with Gasteiger partial charge < -0.3 is 15.2 Å². The molecule has 5 heteroatoms. The molecule has 0 bridgehead atoms. The van der Waals surface area contributed by atoms with Crippen LogP contribution < -0.4 is 10.1 Å². The minimum absolute atomic E-state index is 0.164. The molecule has 1 aliphatic rings. The molecule has 1 aromatic heterocycles. The third kappa shape index (κ3) is 3.57. The van der Waals surface area contributed by atoms with E-state index >= 15 is 0 Å². The van der Waals surface area contributed by atoms with Crippen LogP contribution in [0.1, 0.15) is 42.8 Å². The van der Waals surface area contributed by atoms with Crippen molar-refractivity contribution in [2.45, 2.75) is 44.7 Å². The molecule has 0 amide bonds. The van der Waals surface area contributed by atoms with E-state index in [1.807, 2.05) is 12.1 Å². The SMILES string of the molecule is CCC(CO)NC1CCCc2nc(-c3ccc(OC)cc3)sc21. The Bertz CT molecular complexity index is 635. The molecule has 124 valence electrons. The van der Waals surface area contributed by atoms with Gasteiger partial charge in [-0.15, -0.1) is 11.3 Å². The van der Waals surface area contributed by atoms with Gasteiger partial charge in [0.2, 0.25) is 0 Å². The predicted molar refractivity (Wildman–Crippen MR) is 94.1 cm³/mol. The minimum Gasteiger partial charge on any atom is -0.497 e. The number of thiazole rings is 1. The van der Waals surface area contributed by atoms with Crippen LogP contribution in [0.15, 0.2) is 24.3 Å². The number of nitrogens with one attached hydrogen (secondary N) is 1. The van der Waals surface area contributed by atoms with Gasteiger partial charge in [0.15, 0.2) is 0 Å². The number of rotatable bonds is 6. The summed E-state index contributed by atoms with van der Waals surface area (Å²) in [5.74, 6) is 0.864. The predicted octanol–water partition coefficient (Wildman–Crippen LogP) is 3.56. The van der Waals surface area contributed by atoms with Crippen molar-refractivity contribution in [2.75, 3.05) is 13.7 Å². The Kier molecular flexibility index (Phi) is 5.30. The van der Waals surface area contributed by atoms with Crippen molar-refractivity contribution in [3.05, 3.63) is 34.8 Å². The molecule has 2 N–H and O–H groups in total. The molecule has 0 saturated carbocycles. The number of benzene rings is 1. The summed E-state index contributed by atoms with van der Waals surface area (Å²) in [7, 11) is 1.68. The fourth-order valence-electron chi connectivity index (χ4n) is 3.02. The first-order valence-corrected chi connectivity index (χ1v) is 9.07. The smallest absolute Gasteiger partial charge is 0.123 e. The fraction of sp³-hybridized carbons (Fsp3) is 0.500. The third-order valence-corrected chi connectivity index (χ3v) is 5.70. The van der Waals surface area contributed by atoms with Gasteiger partial charge in [-0.2, -0.15) is 0 Å². The molecule has 0 aliphatic heterocycles. The number of hydrogen-bond acceptors (Lipinski definition) is 5. The Morgan fingerprint density at radius 3 is 2.83 bits per heavy atom. The summed E-state index contributed by atoms with van der Waals surface area (Å²) in [4.78, 5) is 6.20. The summed E-state index contributed by atoms with van der Waals surface area (Å²) in [5, 5.41) is 14.1. The molecule has 0 saturated heterocycles. The summed E-state index contributed by atoms with van der Waals surface area (Å²) in [6.45, 7) is 2.29. The molecule has 2 aromatic rings. The molecule has 23 heavy (non-hydrogen) atoms. The highest BCUT2D eigenvalue weighted by atomic mass is 32.1. The second-order valence-electron chi connectivity index (χ2n) is 5.96. The first-order valence-electron chi connectivity index (χ1n) is 8.26. The minimum atomic E-state index is 0.164. The van der Waals surface area contributed by atoms with E-state index < -0.39 is 0 Å². The number of aromatic nitrogens is 1. The topological polar surface area (TPSA) is 54.4 Å². The van der Waals surface area contributed by atoms with Crippen molar-refractivity contribution in [2.24, 2.45) is 0 Å². The summed E-state index contributed by atoms with van der Waals surface area (Å²) in [5.41, 5.74) is 2.36. The van der Waals surface area contributed by atoms with Gasteiger partial charge in [0.1, 0.15) is 10.8 Å². The number of hydrogen-bond donors (Lipinski definition) is 2. The average Bonchev–Trinajstić information content (AvgIpc) is 3.04. The van der Waals surface area contributed by atoms with Crippen LogP contribution in [0.3, 0.4) is 0 Å². The van der Waals surface area contributed by atoms with Crippen molar-refractivity contribution < 1.29 is 9.84 Å². The van der Waals surface area contributed by atoms with E-state index in [2.05, 4.69) is 24.4 Å². The van der Waals surface area contributed by atoms with Gasteiger partial charge in [0.25, 0.3) is 0 Å². The number of fused-ring (bicyclic) bond motifs is 1. The Morgan fingerprint density at radius 1 is 1.39 bits per heavy atom. The summed E-state index contributed by atoms with van der Waals surface area (Å²) in [6.07, 6.45) is 4.26. The van der Waals surface area contributed by atoms with Crippen LogP contribution in [0.4, 0.5) is 0 Å². The van der Waals surface area contributed by atoms with Crippen LogP contribution in [0.25, 0.3) is 10.6 Å². The van der Waals surface area contributed by atoms with E-state index in [9.17, 15) is 5.11 Å². The van der Waals surface area contributed by atoms with Crippen molar-refractivity contribution in [3.63, 3.8) is 0 Å². The maximum Gasteiger partial charge on any atom is 0.123 e. The lowest BCUT2D eigenvalue weighted by Crippen LogP contribution is -2.36. The number of aryl methyl sites for hydroxylation is 1. The third-order valence-electron chi connectivity index (χ3n) is 4.44. The van der Waals surface area contributed by atoms with Crippen LogP contribution in [0, 0.1) is 0 Å². The monoisotopic (exact) mass is 332 g/mol. The number of methoxy groups -OCH3 is 1. The van der Waals surface area contributed by atoms with Crippen molar-refractivity contribution >= 4 is 11.3 Å². The lowest BCUT2D eigenvalue weighted by Gasteiger charge is -2.26. The number of nitrogens with zero attached hydrogens (tertiary/aromatic N) is 1. The fourth-order valence-corrected chi connectivity index (χ4v) is 4.23. The van der Waals surface area contributed by atoms with Crippen molar-refractivity contribution in [3.8, 4) is 16.3 Å². The van der Waals surface area contributed by atoms with Gasteiger partial charge in [0.05, 0.1) is 19.4 Å². The highest BCUT2D eigenvalue weighted by Gasteiger charge is 2.26. The van der Waals surface area contributed by atoms with Gasteiger partial charge in [-0.1, -0.05) is 6.92 Å². The average molecular weight is 332 g/mol. The van der Waals surface area contributed by atoms with Gasteiger partial charge in [-0.25, -0.2) is 4.98 Å². The van der Waals surface area contributed by atoms with Crippen LogP contribution in [0.2, 0.25) is 0 Å². The van der Waals surface area contributed by atoms with Crippen molar-refractivity contribution in [1.29, 1.82) is 0 Å². The van der Waals surface area contributed by atoms with E-state index in [1.165, 1.54) is 10.6 Å². The van der Waals surface area contributed by atoms with Gasteiger partial charge in [-0.05, 0) is 49.9 Å². The maximum atomic E-state index is 9.45. The lowest BCUT2D eigenvalue weighted by molar-refractivity contribution is 0.224. The molecule has 1 aromatic carbocycles. The van der Waals surface area contributed by atoms with Gasteiger partial charge in [-0.3, -0.25) is 0 Å². The molecule has 4 nitrogen and oxygen atoms in total. The number of aliphatic hydroxyl groups is 1. The van der Waals surface area contributed by atoms with Crippen LogP contribution >= 0.6 is 11.3 Å². The summed E-state index contributed by atoms with van der Waals surface area (Å²) >= 11 is 1.78. The lowest BCUT2D eigenvalue weighted by atomic mass is 9.97. The summed E-state index contributed by atoms with van der Waals surface area (Å²) < 4.78 is 5.22. The molecule has 2 unspecified atom stereocenters. The molecule has 2 atom stereocenters. The zero-order valence-corrected chi connectivity index (χ0v) is 14.5. The molecule has 3 rings (SSSR count). The van der Waals surface area contributed by atoms with E-state index in [-0.39, 0.29) is 12.6 Å². The zero-order valence-electron chi connectivity index (χ0n) is 13.7. The second kappa shape index (κ2) is 7.43. The molecule has 1 aliphatic carbocycles. The van der Waals surface area contributed by atoms with Crippen LogP contribution in [0.5, 0.6) is 5.75 Å². The first-order chi connectivity index (χ1) is 11.2. The zero-order chi connectivity index (χ0) is 16.2. The molecule has 0 spiro atoms. The number of aliphatic hydroxyl groups excluding tert-OH is 1. The molecular weight excluding hydrogens is 308 g/mol. The quantitative estimate of drug-likeness (QED) is 0.849. The van der Waals surface area contributed by atoms with E-state index in [1.54, 1.807) is 18.4 Å². The van der Waals surface area contributed by atoms with Gasteiger partial charge >= 0.3 is 0 Å². The normalized spacial score (nSPS) is 18.5. The highest BCUT2D eigenvalue weighted by molar-refractivity contribution is 7.15. The Morgan fingerprint density at radius 2 is 2.17 bits per heavy atom. The summed E-state index contributed by atoms with van der Waals surface area (Å²) in [6, 6.07) is 8.56. The van der Waals surface area contributed by atoms with E-state index in [4.69, 9.17) is 9.72 Å². The Labute approximate surface area is 141 Å². The Balaban J connectivity index is 1.84. The van der Waals surface area contributed by atoms with Crippen LogP contribution in [-0.4, -0.2) is 29.8 Å². The molecule has 0 fully saturated rings. The van der Waals surface area contributed by atoms with E-state index in [0.29, 0.717) is 6.04 Å². The standard InChI is InChI=1S/C18H24N2O2S/c1-3-13(11-21)19-15-5-4-6-16-17(15)23-18(20-16)12-7-9-14(22-2)10-8-12/h7-10,13,15,19,21H,3-6,11H2,1-2H3. The highest BCUT2D eigenvalue weighted by Crippen LogP contribution is 2.38. The maximum absolute atomic E-state index is 9.45. The van der Waals surface area contributed by atoms with Crippen LogP contribution in [-0.2, 0) is 6.42 Å². The van der Waals surface area contributed by atoms with Gasteiger partial charge in [0, 0.05) is 22.5 Å².